The molecular weight excluding hydrogens is 248 g/mol. The standard InChI is InChI=1S/C12H18N4O3/c1-2-18-10(7-3-4-7)11-15-12(19-16-11)8-5-14-9(17)6-13-8/h7-8,10,13H,2-6H2,1H3,(H,14,17). The number of amides is 1. The molecule has 2 heterocycles. The molecule has 2 unspecified atom stereocenters. The third kappa shape index (κ3) is 2.76. The first-order valence-electron chi connectivity index (χ1n) is 6.73. The van der Waals surface area contributed by atoms with Crippen LogP contribution < -0.4 is 10.6 Å². The molecule has 7 nitrogen and oxygen atoms in total. The molecule has 2 aliphatic rings. The quantitative estimate of drug-likeness (QED) is 0.797. The highest BCUT2D eigenvalue weighted by molar-refractivity contribution is 5.78. The van der Waals surface area contributed by atoms with Crippen molar-refractivity contribution in [3.8, 4) is 0 Å². The molecule has 1 amide bonds. The van der Waals surface area contributed by atoms with Crippen molar-refractivity contribution >= 4 is 5.91 Å². The van der Waals surface area contributed by atoms with E-state index in [2.05, 4.69) is 20.8 Å². The first-order chi connectivity index (χ1) is 9.28. The number of carbonyl (C=O) groups excluding carboxylic acids is 1. The number of nitrogens with one attached hydrogen (secondary N) is 2. The van der Waals surface area contributed by atoms with E-state index in [1.807, 2.05) is 6.92 Å². The van der Waals surface area contributed by atoms with Crippen molar-refractivity contribution in [3.05, 3.63) is 11.7 Å². The lowest BCUT2D eigenvalue weighted by molar-refractivity contribution is -0.121. The molecule has 3 rings (SSSR count). The van der Waals surface area contributed by atoms with Crippen LogP contribution in [0.25, 0.3) is 0 Å². The minimum atomic E-state index is -0.111. The van der Waals surface area contributed by atoms with Gasteiger partial charge in [0, 0.05) is 13.2 Å². The second-order valence-corrected chi connectivity index (χ2v) is 4.94. The van der Waals surface area contributed by atoms with Gasteiger partial charge in [-0.15, -0.1) is 0 Å². The molecule has 1 aliphatic heterocycles. The number of rotatable bonds is 5. The second kappa shape index (κ2) is 5.26. The lowest BCUT2D eigenvalue weighted by Gasteiger charge is -2.20. The minimum Gasteiger partial charge on any atom is -0.370 e. The molecule has 1 aromatic rings. The number of ether oxygens (including phenoxy) is 1. The van der Waals surface area contributed by atoms with Crippen LogP contribution in [-0.2, 0) is 9.53 Å². The fourth-order valence-corrected chi connectivity index (χ4v) is 2.25. The van der Waals surface area contributed by atoms with E-state index in [1.165, 1.54) is 0 Å². The van der Waals surface area contributed by atoms with Gasteiger partial charge in [0.15, 0.2) is 0 Å². The summed E-state index contributed by atoms with van der Waals surface area (Å²) in [5.41, 5.74) is 0. The molecular formula is C12H18N4O3. The Morgan fingerprint density at radius 1 is 1.53 bits per heavy atom. The third-order valence-electron chi connectivity index (χ3n) is 3.42. The van der Waals surface area contributed by atoms with Crippen LogP contribution >= 0.6 is 0 Å². The summed E-state index contributed by atoms with van der Waals surface area (Å²) in [5.74, 6) is 1.64. The molecule has 7 heteroatoms. The Labute approximate surface area is 111 Å². The minimum absolute atomic E-state index is 0.0128. The van der Waals surface area contributed by atoms with E-state index in [0.717, 1.165) is 12.8 Å². The summed E-state index contributed by atoms with van der Waals surface area (Å²) in [6.45, 7) is 3.36. The largest absolute Gasteiger partial charge is 0.370 e. The van der Waals surface area contributed by atoms with E-state index < -0.39 is 0 Å². The van der Waals surface area contributed by atoms with Gasteiger partial charge in [-0.2, -0.15) is 4.98 Å². The predicted molar refractivity (Wildman–Crippen MR) is 65.1 cm³/mol. The molecule has 2 N–H and O–H groups in total. The predicted octanol–water partition coefficient (Wildman–Crippen LogP) is 0.318. The van der Waals surface area contributed by atoms with Crippen LogP contribution in [0.15, 0.2) is 4.52 Å². The van der Waals surface area contributed by atoms with Crippen LogP contribution in [0.3, 0.4) is 0 Å². The normalized spacial score (nSPS) is 25.1. The van der Waals surface area contributed by atoms with E-state index in [9.17, 15) is 4.79 Å². The maximum Gasteiger partial charge on any atom is 0.245 e. The van der Waals surface area contributed by atoms with E-state index >= 15 is 0 Å². The van der Waals surface area contributed by atoms with Crippen molar-refractivity contribution in [2.24, 2.45) is 5.92 Å². The highest BCUT2D eigenvalue weighted by atomic mass is 16.5. The summed E-state index contributed by atoms with van der Waals surface area (Å²) in [6, 6.07) is -0.111. The first-order valence-corrected chi connectivity index (χ1v) is 6.73. The van der Waals surface area contributed by atoms with Crippen LogP contribution in [0.2, 0.25) is 0 Å². The summed E-state index contributed by atoms with van der Waals surface area (Å²) >= 11 is 0. The van der Waals surface area contributed by atoms with Gasteiger partial charge in [0.25, 0.3) is 0 Å². The monoisotopic (exact) mass is 266 g/mol. The number of hydrogen-bond acceptors (Lipinski definition) is 6. The lowest BCUT2D eigenvalue weighted by Crippen LogP contribution is -2.47. The third-order valence-corrected chi connectivity index (χ3v) is 3.42. The zero-order valence-corrected chi connectivity index (χ0v) is 10.9. The van der Waals surface area contributed by atoms with Crippen molar-refractivity contribution in [2.45, 2.75) is 31.9 Å². The Hall–Kier alpha value is -1.47. The Bertz CT molecular complexity index is 448. The summed E-state index contributed by atoms with van der Waals surface area (Å²) in [5, 5.41) is 9.86. The first kappa shape index (κ1) is 12.6. The highest BCUT2D eigenvalue weighted by Crippen LogP contribution is 2.42. The van der Waals surface area contributed by atoms with Gasteiger partial charge in [-0.05, 0) is 25.7 Å². The lowest BCUT2D eigenvalue weighted by atomic mass is 10.2. The highest BCUT2D eigenvalue weighted by Gasteiger charge is 2.36. The van der Waals surface area contributed by atoms with Crippen LogP contribution in [0, 0.1) is 5.92 Å². The van der Waals surface area contributed by atoms with E-state index in [4.69, 9.17) is 9.26 Å². The zero-order chi connectivity index (χ0) is 13.2. The molecule has 0 bridgehead atoms. The molecule has 0 radical (unpaired) electrons. The summed E-state index contributed by atoms with van der Waals surface area (Å²) in [7, 11) is 0. The van der Waals surface area contributed by atoms with Crippen LogP contribution in [0.5, 0.6) is 0 Å². The smallest absolute Gasteiger partial charge is 0.245 e. The maximum absolute atomic E-state index is 11.1. The number of carbonyl (C=O) groups is 1. The molecule has 1 saturated carbocycles. The summed E-state index contributed by atoms with van der Waals surface area (Å²) < 4.78 is 11.0. The molecule has 104 valence electrons. The molecule has 2 atom stereocenters. The number of nitrogens with zero attached hydrogens (tertiary/aromatic N) is 2. The topological polar surface area (TPSA) is 89.3 Å². The molecule has 2 fully saturated rings. The molecule has 0 aromatic carbocycles. The van der Waals surface area contributed by atoms with Gasteiger partial charge >= 0.3 is 0 Å². The number of aromatic nitrogens is 2. The molecule has 1 aromatic heterocycles. The molecule has 1 aliphatic carbocycles. The molecule has 19 heavy (non-hydrogen) atoms. The van der Waals surface area contributed by atoms with Crippen LogP contribution in [-0.4, -0.2) is 35.7 Å². The van der Waals surface area contributed by atoms with Crippen molar-refractivity contribution in [1.82, 2.24) is 20.8 Å². The molecule has 1 saturated heterocycles. The van der Waals surface area contributed by atoms with Gasteiger partial charge in [-0.1, -0.05) is 5.16 Å². The summed E-state index contributed by atoms with van der Waals surface area (Å²) in [4.78, 5) is 15.5. The van der Waals surface area contributed by atoms with Gasteiger partial charge in [0.1, 0.15) is 12.1 Å². The summed E-state index contributed by atoms with van der Waals surface area (Å²) in [6.07, 6.45) is 2.26. The van der Waals surface area contributed by atoms with E-state index in [0.29, 0.717) is 30.8 Å². The average Bonchev–Trinajstić information content (AvgIpc) is 3.14. The number of piperazine rings is 1. The Balaban J connectivity index is 1.69. The van der Waals surface area contributed by atoms with E-state index in [-0.39, 0.29) is 24.6 Å². The zero-order valence-electron chi connectivity index (χ0n) is 10.9. The van der Waals surface area contributed by atoms with Gasteiger partial charge in [-0.25, -0.2) is 0 Å². The van der Waals surface area contributed by atoms with E-state index in [1.54, 1.807) is 0 Å². The fraction of sp³-hybridized carbons (Fsp3) is 0.750. The van der Waals surface area contributed by atoms with Crippen molar-refractivity contribution < 1.29 is 14.1 Å². The van der Waals surface area contributed by atoms with Crippen molar-refractivity contribution in [2.75, 3.05) is 19.7 Å². The van der Waals surface area contributed by atoms with Crippen LogP contribution in [0.1, 0.15) is 43.6 Å². The Morgan fingerprint density at radius 2 is 2.37 bits per heavy atom. The van der Waals surface area contributed by atoms with Crippen molar-refractivity contribution in [3.63, 3.8) is 0 Å². The molecule has 0 spiro atoms. The fourth-order valence-electron chi connectivity index (χ4n) is 2.25. The Kier molecular flexibility index (Phi) is 3.48. The van der Waals surface area contributed by atoms with Gasteiger partial charge in [-0.3, -0.25) is 10.1 Å². The van der Waals surface area contributed by atoms with Crippen molar-refractivity contribution in [1.29, 1.82) is 0 Å². The van der Waals surface area contributed by atoms with Crippen LogP contribution in [0.4, 0.5) is 0 Å². The maximum atomic E-state index is 11.1. The number of hydrogen-bond donors (Lipinski definition) is 2. The van der Waals surface area contributed by atoms with Gasteiger partial charge in [0.05, 0.1) is 6.54 Å². The Morgan fingerprint density at radius 3 is 3.00 bits per heavy atom. The second-order valence-electron chi connectivity index (χ2n) is 4.94. The SMILES string of the molecule is CCOC(c1noc(C2CNC(=O)CN2)n1)C1CC1. The average molecular weight is 266 g/mol. The van der Waals surface area contributed by atoms with Gasteiger partial charge in [0.2, 0.25) is 17.6 Å². The van der Waals surface area contributed by atoms with Gasteiger partial charge < -0.3 is 14.6 Å².